The second-order valence-corrected chi connectivity index (χ2v) is 7.95. The summed E-state index contributed by atoms with van der Waals surface area (Å²) in [5, 5.41) is 1.55. The number of carbonyl (C=O) groups excluding carboxylic acids is 2. The Bertz CT molecular complexity index is 869. The maximum Gasteiger partial charge on any atom is 0.405 e. The zero-order valence-electron chi connectivity index (χ0n) is 15.2. The van der Waals surface area contributed by atoms with Crippen LogP contribution in [0.3, 0.4) is 0 Å². The zero-order valence-corrected chi connectivity index (χ0v) is 16.0. The third-order valence-corrected chi connectivity index (χ3v) is 5.78. The highest BCUT2D eigenvalue weighted by molar-refractivity contribution is 7.89. The molecule has 8 nitrogen and oxygen atoms in total. The number of nitrogens with one attached hydrogen (secondary N) is 1. The van der Waals surface area contributed by atoms with Crippen molar-refractivity contribution in [3.63, 3.8) is 0 Å². The molecule has 29 heavy (non-hydrogen) atoms. The number of morpholine rings is 1. The van der Waals surface area contributed by atoms with Crippen LogP contribution < -0.4 is 5.32 Å². The Labute approximate surface area is 163 Å². The molecule has 1 aliphatic heterocycles. The van der Waals surface area contributed by atoms with Crippen molar-refractivity contribution in [3.05, 3.63) is 29.6 Å². The van der Waals surface area contributed by atoms with Gasteiger partial charge in [-0.1, -0.05) is 0 Å². The van der Waals surface area contributed by atoms with E-state index in [2.05, 4.69) is 0 Å². The number of hydrogen-bond acceptors (Lipinski definition) is 6. The van der Waals surface area contributed by atoms with Gasteiger partial charge in [-0.15, -0.1) is 0 Å². The van der Waals surface area contributed by atoms with E-state index in [9.17, 15) is 35.6 Å². The summed E-state index contributed by atoms with van der Waals surface area (Å²) in [6, 6.07) is 2.44. The van der Waals surface area contributed by atoms with E-state index in [0.717, 1.165) is 29.4 Å². The Kier molecular flexibility index (Phi) is 7.19. The number of halogens is 4. The van der Waals surface area contributed by atoms with E-state index in [1.54, 1.807) is 5.32 Å². The van der Waals surface area contributed by atoms with Gasteiger partial charge in [-0.25, -0.2) is 17.6 Å². The summed E-state index contributed by atoms with van der Waals surface area (Å²) in [6.45, 7) is -0.287. The summed E-state index contributed by atoms with van der Waals surface area (Å²) < 4.78 is 86.5. The van der Waals surface area contributed by atoms with Gasteiger partial charge < -0.3 is 14.8 Å². The number of sulfonamides is 1. The van der Waals surface area contributed by atoms with E-state index in [4.69, 9.17) is 9.47 Å². The lowest BCUT2D eigenvalue weighted by Gasteiger charge is -2.26. The summed E-state index contributed by atoms with van der Waals surface area (Å²) in [7, 11) is -4.25. The first kappa shape index (κ1) is 23.0. The molecule has 2 rings (SSSR count). The maximum absolute atomic E-state index is 14.1. The third kappa shape index (κ3) is 6.11. The number of amides is 1. The molecule has 162 valence electrons. The molecule has 0 aliphatic carbocycles. The fourth-order valence-corrected chi connectivity index (χ4v) is 3.87. The Balaban J connectivity index is 2.14. The van der Waals surface area contributed by atoms with Crippen LogP contribution in [0, 0.1) is 5.82 Å². The highest BCUT2D eigenvalue weighted by Crippen LogP contribution is 2.22. The van der Waals surface area contributed by atoms with Crippen molar-refractivity contribution in [1.82, 2.24) is 9.62 Å². The molecular formula is C16H18F4N2O6S. The molecule has 0 spiro atoms. The van der Waals surface area contributed by atoms with Crippen LogP contribution in [0.2, 0.25) is 0 Å². The molecule has 1 heterocycles. The molecule has 1 fully saturated rings. The summed E-state index contributed by atoms with van der Waals surface area (Å²) in [5.41, 5.74) is -0.381. The lowest BCUT2D eigenvalue weighted by atomic mass is 10.2. The van der Waals surface area contributed by atoms with Crippen LogP contribution in [0.4, 0.5) is 17.6 Å². The largest absolute Gasteiger partial charge is 0.449 e. The van der Waals surface area contributed by atoms with Gasteiger partial charge in [0.1, 0.15) is 17.3 Å². The Morgan fingerprint density at radius 2 is 1.90 bits per heavy atom. The van der Waals surface area contributed by atoms with Crippen LogP contribution in [0.1, 0.15) is 17.3 Å². The van der Waals surface area contributed by atoms with Crippen molar-refractivity contribution in [2.75, 3.05) is 32.8 Å². The van der Waals surface area contributed by atoms with Crippen LogP contribution >= 0.6 is 0 Å². The predicted octanol–water partition coefficient (Wildman–Crippen LogP) is 1.07. The van der Waals surface area contributed by atoms with Gasteiger partial charge in [0, 0.05) is 13.1 Å². The third-order valence-electron chi connectivity index (χ3n) is 3.87. The molecule has 13 heteroatoms. The van der Waals surface area contributed by atoms with Crippen molar-refractivity contribution in [1.29, 1.82) is 0 Å². The Hall–Kier alpha value is -2.25. The molecule has 1 atom stereocenters. The summed E-state index contributed by atoms with van der Waals surface area (Å²) in [4.78, 5) is 23.0. The lowest BCUT2D eigenvalue weighted by Crippen LogP contribution is -2.41. The smallest absolute Gasteiger partial charge is 0.405 e. The lowest BCUT2D eigenvalue weighted by molar-refractivity contribution is -0.143. The summed E-state index contributed by atoms with van der Waals surface area (Å²) in [5.74, 6) is -3.49. The standard InChI is InChI=1S/C16H18F4N2O6S/c1-10(14(23)21-9-16(18,19)20)28-15(24)11-2-3-12(17)13(8-11)29(25,26)22-4-6-27-7-5-22/h2-3,8,10H,4-7,9H2,1H3,(H,21,23)/t10-/m1/s1. The number of rotatable bonds is 6. The number of alkyl halides is 3. The summed E-state index contributed by atoms with van der Waals surface area (Å²) in [6.07, 6.45) is -6.23. The van der Waals surface area contributed by atoms with Gasteiger partial charge in [-0.05, 0) is 25.1 Å². The second kappa shape index (κ2) is 9.05. The van der Waals surface area contributed by atoms with Gasteiger partial charge in [-0.2, -0.15) is 17.5 Å². The Morgan fingerprint density at radius 3 is 2.48 bits per heavy atom. The van der Waals surface area contributed by atoms with Crippen molar-refractivity contribution in [2.45, 2.75) is 24.1 Å². The van der Waals surface area contributed by atoms with Crippen LogP contribution in [0.15, 0.2) is 23.1 Å². The van der Waals surface area contributed by atoms with Gasteiger partial charge in [0.05, 0.1) is 18.8 Å². The molecule has 0 radical (unpaired) electrons. The van der Waals surface area contributed by atoms with E-state index in [1.807, 2.05) is 0 Å². The molecule has 0 saturated carbocycles. The number of carbonyl (C=O) groups is 2. The fraction of sp³-hybridized carbons (Fsp3) is 0.500. The van der Waals surface area contributed by atoms with Gasteiger partial charge in [0.15, 0.2) is 6.10 Å². The van der Waals surface area contributed by atoms with E-state index in [0.29, 0.717) is 0 Å². The van der Waals surface area contributed by atoms with Gasteiger partial charge in [-0.3, -0.25) is 4.79 Å². The first-order valence-corrected chi connectivity index (χ1v) is 9.79. The summed E-state index contributed by atoms with van der Waals surface area (Å²) >= 11 is 0. The Morgan fingerprint density at radius 1 is 1.28 bits per heavy atom. The van der Waals surface area contributed by atoms with Crippen molar-refractivity contribution in [2.24, 2.45) is 0 Å². The SMILES string of the molecule is C[C@@H](OC(=O)c1ccc(F)c(S(=O)(=O)N2CCOCC2)c1)C(=O)NCC(F)(F)F. The van der Waals surface area contributed by atoms with Crippen LogP contribution in [-0.4, -0.2) is 69.7 Å². The monoisotopic (exact) mass is 442 g/mol. The number of hydrogen-bond donors (Lipinski definition) is 1. The highest BCUT2D eigenvalue weighted by atomic mass is 32.2. The van der Waals surface area contributed by atoms with Gasteiger partial charge in [0.25, 0.3) is 5.91 Å². The van der Waals surface area contributed by atoms with Crippen LogP contribution in [-0.2, 0) is 24.3 Å². The molecular weight excluding hydrogens is 424 g/mol. The molecule has 1 aliphatic rings. The molecule has 1 saturated heterocycles. The minimum Gasteiger partial charge on any atom is -0.449 e. The van der Waals surface area contributed by atoms with E-state index in [-0.39, 0.29) is 31.9 Å². The number of nitrogens with zero attached hydrogens (tertiary/aromatic N) is 1. The van der Waals surface area contributed by atoms with Crippen molar-refractivity contribution < 1.29 is 45.0 Å². The normalized spacial score (nSPS) is 16.9. The predicted molar refractivity (Wildman–Crippen MR) is 89.9 cm³/mol. The minimum atomic E-state index is -4.64. The fourth-order valence-electron chi connectivity index (χ4n) is 2.37. The average Bonchev–Trinajstić information content (AvgIpc) is 2.66. The van der Waals surface area contributed by atoms with Crippen molar-refractivity contribution in [3.8, 4) is 0 Å². The molecule has 1 aromatic carbocycles. The van der Waals surface area contributed by atoms with Gasteiger partial charge >= 0.3 is 12.1 Å². The number of esters is 1. The van der Waals surface area contributed by atoms with Crippen molar-refractivity contribution >= 4 is 21.9 Å². The molecule has 0 aromatic heterocycles. The highest BCUT2D eigenvalue weighted by Gasteiger charge is 2.31. The maximum atomic E-state index is 14.1. The van der Waals surface area contributed by atoms with E-state index >= 15 is 0 Å². The molecule has 1 amide bonds. The molecule has 0 unspecified atom stereocenters. The molecule has 0 bridgehead atoms. The van der Waals surface area contributed by atoms with Crippen LogP contribution in [0.5, 0.6) is 0 Å². The van der Waals surface area contributed by atoms with E-state index in [1.165, 1.54) is 0 Å². The van der Waals surface area contributed by atoms with E-state index < -0.39 is 51.4 Å². The number of benzene rings is 1. The second-order valence-electron chi connectivity index (χ2n) is 6.04. The zero-order chi connectivity index (χ0) is 21.8. The first-order valence-electron chi connectivity index (χ1n) is 8.35. The van der Waals surface area contributed by atoms with Gasteiger partial charge in [0.2, 0.25) is 10.0 Å². The van der Waals surface area contributed by atoms with Crippen LogP contribution in [0.25, 0.3) is 0 Å². The minimum absolute atomic E-state index is 0.00680. The quantitative estimate of drug-likeness (QED) is 0.523. The average molecular weight is 442 g/mol. The number of ether oxygens (including phenoxy) is 2. The topological polar surface area (TPSA) is 102 Å². The molecule has 1 aromatic rings. The molecule has 1 N–H and O–H groups in total. The first-order chi connectivity index (χ1) is 13.4.